The van der Waals surface area contributed by atoms with E-state index in [2.05, 4.69) is 32.0 Å². The van der Waals surface area contributed by atoms with Crippen LogP contribution in [0.2, 0.25) is 0 Å². The SMILES string of the molecule is Cc1ccc2c(c1)OC[C@@H]2C. The summed E-state index contributed by atoms with van der Waals surface area (Å²) in [7, 11) is 0. The standard InChI is InChI=1S/C10H12O/c1-7-3-4-9-8(2)6-11-10(9)5-7/h3-5,8H,6H2,1-2H3/t8-/m0/s1. The Bertz CT molecular complexity index is 278. The number of benzene rings is 1. The maximum absolute atomic E-state index is 5.49. The Morgan fingerprint density at radius 3 is 3.09 bits per heavy atom. The van der Waals surface area contributed by atoms with Crippen molar-refractivity contribution in [1.82, 2.24) is 0 Å². The Hall–Kier alpha value is -0.980. The van der Waals surface area contributed by atoms with E-state index < -0.39 is 0 Å². The maximum Gasteiger partial charge on any atom is 0.123 e. The third kappa shape index (κ3) is 1.01. The molecule has 0 saturated heterocycles. The highest BCUT2D eigenvalue weighted by Crippen LogP contribution is 2.33. The minimum atomic E-state index is 0.575. The summed E-state index contributed by atoms with van der Waals surface area (Å²) in [5, 5.41) is 0. The summed E-state index contributed by atoms with van der Waals surface area (Å²) in [5.74, 6) is 1.66. The Balaban J connectivity index is 2.50. The van der Waals surface area contributed by atoms with Gasteiger partial charge < -0.3 is 4.74 Å². The topological polar surface area (TPSA) is 9.23 Å². The summed E-state index contributed by atoms with van der Waals surface area (Å²) in [6.07, 6.45) is 0. The van der Waals surface area contributed by atoms with Gasteiger partial charge in [-0.1, -0.05) is 19.1 Å². The van der Waals surface area contributed by atoms with Crippen molar-refractivity contribution in [3.05, 3.63) is 29.3 Å². The maximum atomic E-state index is 5.49. The Labute approximate surface area is 67.0 Å². The first kappa shape index (κ1) is 6.71. The van der Waals surface area contributed by atoms with Crippen molar-refractivity contribution in [3.63, 3.8) is 0 Å². The Morgan fingerprint density at radius 1 is 1.45 bits per heavy atom. The van der Waals surface area contributed by atoms with E-state index >= 15 is 0 Å². The molecule has 0 amide bonds. The third-order valence-corrected chi connectivity index (χ3v) is 2.19. The number of hydrogen-bond donors (Lipinski definition) is 0. The molecule has 0 aromatic heterocycles. The lowest BCUT2D eigenvalue weighted by molar-refractivity contribution is 0.337. The summed E-state index contributed by atoms with van der Waals surface area (Å²) in [4.78, 5) is 0. The van der Waals surface area contributed by atoms with Crippen LogP contribution in [-0.4, -0.2) is 6.61 Å². The predicted octanol–water partition coefficient (Wildman–Crippen LogP) is 2.49. The first-order valence-corrected chi connectivity index (χ1v) is 4.01. The molecule has 1 heterocycles. The van der Waals surface area contributed by atoms with Crippen LogP contribution in [0, 0.1) is 6.92 Å². The van der Waals surface area contributed by atoms with Crippen molar-refractivity contribution in [3.8, 4) is 5.75 Å². The molecule has 0 saturated carbocycles. The van der Waals surface area contributed by atoms with Crippen LogP contribution >= 0.6 is 0 Å². The fourth-order valence-electron chi connectivity index (χ4n) is 1.48. The van der Waals surface area contributed by atoms with Gasteiger partial charge >= 0.3 is 0 Å². The van der Waals surface area contributed by atoms with E-state index in [4.69, 9.17) is 4.74 Å². The number of aryl methyl sites for hydroxylation is 1. The normalized spacial score (nSPS) is 21.1. The van der Waals surface area contributed by atoms with Gasteiger partial charge in [0, 0.05) is 11.5 Å². The van der Waals surface area contributed by atoms with Crippen LogP contribution in [0.1, 0.15) is 24.0 Å². The predicted molar refractivity (Wildman–Crippen MR) is 45.1 cm³/mol. The molecule has 0 fully saturated rings. The van der Waals surface area contributed by atoms with Gasteiger partial charge in [0.15, 0.2) is 0 Å². The summed E-state index contributed by atoms with van der Waals surface area (Å²) < 4.78 is 5.49. The van der Waals surface area contributed by atoms with Crippen LogP contribution in [0.15, 0.2) is 18.2 Å². The van der Waals surface area contributed by atoms with Crippen LogP contribution in [-0.2, 0) is 0 Å². The number of rotatable bonds is 0. The van der Waals surface area contributed by atoms with E-state index in [1.165, 1.54) is 11.1 Å². The van der Waals surface area contributed by atoms with Gasteiger partial charge in [-0.25, -0.2) is 0 Å². The zero-order chi connectivity index (χ0) is 7.84. The smallest absolute Gasteiger partial charge is 0.123 e. The van der Waals surface area contributed by atoms with Crippen molar-refractivity contribution < 1.29 is 4.74 Å². The zero-order valence-electron chi connectivity index (χ0n) is 6.92. The first-order chi connectivity index (χ1) is 5.27. The number of hydrogen-bond acceptors (Lipinski definition) is 1. The molecule has 0 spiro atoms. The van der Waals surface area contributed by atoms with Crippen LogP contribution in [0.3, 0.4) is 0 Å². The third-order valence-electron chi connectivity index (χ3n) is 2.19. The van der Waals surface area contributed by atoms with E-state index in [1.54, 1.807) is 0 Å². The second-order valence-corrected chi connectivity index (χ2v) is 3.25. The van der Waals surface area contributed by atoms with E-state index in [9.17, 15) is 0 Å². The average molecular weight is 148 g/mol. The van der Waals surface area contributed by atoms with Gasteiger partial charge in [-0.2, -0.15) is 0 Å². The molecule has 1 aliphatic rings. The summed E-state index contributed by atoms with van der Waals surface area (Å²) in [6, 6.07) is 6.42. The summed E-state index contributed by atoms with van der Waals surface area (Å²) in [6.45, 7) is 5.13. The van der Waals surface area contributed by atoms with Crippen LogP contribution < -0.4 is 4.74 Å². The fraction of sp³-hybridized carbons (Fsp3) is 0.400. The van der Waals surface area contributed by atoms with Crippen LogP contribution in [0.5, 0.6) is 5.75 Å². The lowest BCUT2D eigenvalue weighted by atomic mass is 10.0. The van der Waals surface area contributed by atoms with E-state index in [-0.39, 0.29) is 0 Å². The van der Waals surface area contributed by atoms with Gasteiger partial charge in [0.25, 0.3) is 0 Å². The number of ether oxygens (including phenoxy) is 1. The molecular weight excluding hydrogens is 136 g/mol. The monoisotopic (exact) mass is 148 g/mol. The second kappa shape index (κ2) is 2.26. The highest BCUT2D eigenvalue weighted by atomic mass is 16.5. The molecule has 1 nitrogen and oxygen atoms in total. The average Bonchev–Trinajstić information content (AvgIpc) is 2.32. The van der Waals surface area contributed by atoms with Gasteiger partial charge in [-0.3, -0.25) is 0 Å². The van der Waals surface area contributed by atoms with Crippen LogP contribution in [0.25, 0.3) is 0 Å². The van der Waals surface area contributed by atoms with Crippen molar-refractivity contribution >= 4 is 0 Å². The summed E-state index contributed by atoms with van der Waals surface area (Å²) in [5.41, 5.74) is 2.63. The molecule has 0 unspecified atom stereocenters. The zero-order valence-corrected chi connectivity index (χ0v) is 6.92. The van der Waals surface area contributed by atoms with Crippen molar-refractivity contribution in [2.75, 3.05) is 6.61 Å². The van der Waals surface area contributed by atoms with Gasteiger partial charge in [0.2, 0.25) is 0 Å². The lowest BCUT2D eigenvalue weighted by Gasteiger charge is -1.99. The molecule has 0 aliphatic carbocycles. The Kier molecular flexibility index (Phi) is 1.38. The largest absolute Gasteiger partial charge is 0.493 e. The van der Waals surface area contributed by atoms with Crippen molar-refractivity contribution in [1.29, 1.82) is 0 Å². The van der Waals surface area contributed by atoms with E-state index in [0.29, 0.717) is 5.92 Å². The van der Waals surface area contributed by atoms with Crippen LogP contribution in [0.4, 0.5) is 0 Å². The van der Waals surface area contributed by atoms with Gasteiger partial charge in [0.05, 0.1) is 6.61 Å². The molecule has 2 rings (SSSR count). The molecule has 58 valence electrons. The highest BCUT2D eigenvalue weighted by molar-refractivity contribution is 5.41. The Morgan fingerprint density at radius 2 is 2.27 bits per heavy atom. The molecule has 1 aromatic carbocycles. The molecule has 1 aromatic rings. The van der Waals surface area contributed by atoms with E-state index in [1.807, 2.05) is 0 Å². The fourth-order valence-corrected chi connectivity index (χ4v) is 1.48. The molecule has 0 radical (unpaired) electrons. The first-order valence-electron chi connectivity index (χ1n) is 4.01. The molecular formula is C10H12O. The summed E-state index contributed by atoms with van der Waals surface area (Å²) >= 11 is 0. The molecule has 1 aliphatic heterocycles. The molecule has 1 heteroatoms. The molecule has 0 bridgehead atoms. The van der Waals surface area contributed by atoms with Crippen molar-refractivity contribution in [2.24, 2.45) is 0 Å². The van der Waals surface area contributed by atoms with Gasteiger partial charge in [-0.15, -0.1) is 0 Å². The van der Waals surface area contributed by atoms with Gasteiger partial charge in [-0.05, 0) is 18.6 Å². The quantitative estimate of drug-likeness (QED) is 0.549. The molecule has 11 heavy (non-hydrogen) atoms. The minimum absolute atomic E-state index is 0.575. The lowest BCUT2D eigenvalue weighted by Crippen LogP contribution is -1.93. The minimum Gasteiger partial charge on any atom is -0.493 e. The van der Waals surface area contributed by atoms with E-state index in [0.717, 1.165) is 12.4 Å². The van der Waals surface area contributed by atoms with Gasteiger partial charge in [0.1, 0.15) is 5.75 Å². The second-order valence-electron chi connectivity index (χ2n) is 3.25. The number of fused-ring (bicyclic) bond motifs is 1. The highest BCUT2D eigenvalue weighted by Gasteiger charge is 2.18. The van der Waals surface area contributed by atoms with Crippen molar-refractivity contribution in [2.45, 2.75) is 19.8 Å². The molecule has 0 N–H and O–H groups in total. The molecule has 1 atom stereocenters.